The van der Waals surface area contributed by atoms with E-state index in [0.717, 1.165) is 24.3 Å². The molecule has 0 amide bonds. The Kier molecular flexibility index (Phi) is 8.40. The molecule has 2 aliphatic rings. The molecule has 1 aromatic heterocycles. The highest BCUT2D eigenvalue weighted by Crippen LogP contribution is 2.28. The molecule has 31 heavy (non-hydrogen) atoms. The zero-order chi connectivity index (χ0) is 21.3. The first kappa shape index (κ1) is 22.3. The first-order valence-corrected chi connectivity index (χ1v) is 12.6. The van der Waals surface area contributed by atoms with Gasteiger partial charge in [-0.05, 0) is 80.6 Å². The Morgan fingerprint density at radius 1 is 0.839 bits per heavy atom. The molecule has 168 valence electrons. The van der Waals surface area contributed by atoms with Gasteiger partial charge in [-0.2, -0.15) is 0 Å². The van der Waals surface area contributed by atoms with Crippen molar-refractivity contribution in [1.29, 1.82) is 0 Å². The number of hydrogen-bond acceptors (Lipinski definition) is 3. The molecule has 1 aliphatic heterocycles. The lowest BCUT2D eigenvalue weighted by Crippen LogP contribution is -2.33. The lowest BCUT2D eigenvalue weighted by molar-refractivity contribution is 0.170. The van der Waals surface area contributed by atoms with Crippen LogP contribution in [0.15, 0.2) is 42.6 Å². The molecular formula is C28H40N2O. The molecule has 0 unspecified atom stereocenters. The standard InChI is InChI=1S/C28H40N2O/c1-31-28-27(8-5-19-29-28)22-30-20-17-26(18-21-30)16-15-25-13-11-24(12-14-25)10-9-23-6-3-2-4-7-23/h5,8,11-14,19,23,26H,2-4,6-7,9-10,15-18,20-22H2,1H3. The van der Waals surface area contributed by atoms with E-state index < -0.39 is 0 Å². The summed E-state index contributed by atoms with van der Waals surface area (Å²) in [5, 5.41) is 0. The highest BCUT2D eigenvalue weighted by Gasteiger charge is 2.20. The molecule has 2 heterocycles. The van der Waals surface area contributed by atoms with Gasteiger partial charge in [0, 0.05) is 18.3 Å². The van der Waals surface area contributed by atoms with E-state index in [4.69, 9.17) is 4.74 Å². The third-order valence-electron chi connectivity index (χ3n) is 7.57. The summed E-state index contributed by atoms with van der Waals surface area (Å²) in [6, 6.07) is 13.7. The van der Waals surface area contributed by atoms with Gasteiger partial charge in [0.1, 0.15) is 0 Å². The van der Waals surface area contributed by atoms with Crippen LogP contribution in [0, 0.1) is 11.8 Å². The Morgan fingerprint density at radius 3 is 2.06 bits per heavy atom. The van der Waals surface area contributed by atoms with Crippen molar-refractivity contribution in [3.8, 4) is 5.88 Å². The Morgan fingerprint density at radius 2 is 1.45 bits per heavy atom. The van der Waals surface area contributed by atoms with Crippen LogP contribution < -0.4 is 4.74 Å². The van der Waals surface area contributed by atoms with Crippen LogP contribution >= 0.6 is 0 Å². The Hall–Kier alpha value is -1.87. The van der Waals surface area contributed by atoms with Crippen LogP contribution in [0.4, 0.5) is 0 Å². The molecule has 1 saturated heterocycles. The molecule has 0 atom stereocenters. The summed E-state index contributed by atoms with van der Waals surface area (Å²) >= 11 is 0. The van der Waals surface area contributed by atoms with Gasteiger partial charge in [-0.3, -0.25) is 4.90 Å². The van der Waals surface area contributed by atoms with Gasteiger partial charge >= 0.3 is 0 Å². The third-order valence-corrected chi connectivity index (χ3v) is 7.57. The number of likely N-dealkylation sites (tertiary alicyclic amines) is 1. The maximum atomic E-state index is 5.41. The summed E-state index contributed by atoms with van der Waals surface area (Å²) < 4.78 is 5.41. The van der Waals surface area contributed by atoms with E-state index in [2.05, 4.69) is 40.2 Å². The second-order valence-corrected chi connectivity index (χ2v) is 9.79. The number of piperidine rings is 1. The minimum atomic E-state index is 0.770. The van der Waals surface area contributed by atoms with E-state index in [0.29, 0.717) is 0 Å². The largest absolute Gasteiger partial charge is 0.481 e. The van der Waals surface area contributed by atoms with Crippen LogP contribution in [0.1, 0.15) is 74.5 Å². The van der Waals surface area contributed by atoms with Crippen LogP contribution in [0.5, 0.6) is 5.88 Å². The van der Waals surface area contributed by atoms with Crippen molar-refractivity contribution in [3.63, 3.8) is 0 Å². The number of benzene rings is 1. The summed E-state index contributed by atoms with van der Waals surface area (Å²) in [6.07, 6.45) is 16.9. The van der Waals surface area contributed by atoms with Crippen molar-refractivity contribution >= 4 is 0 Å². The van der Waals surface area contributed by atoms with Crippen molar-refractivity contribution in [2.75, 3.05) is 20.2 Å². The third kappa shape index (κ3) is 6.80. The number of ether oxygens (including phenoxy) is 1. The molecule has 1 aromatic carbocycles. The lowest BCUT2D eigenvalue weighted by Gasteiger charge is -2.32. The van der Waals surface area contributed by atoms with Crippen LogP contribution in [0.3, 0.4) is 0 Å². The maximum Gasteiger partial charge on any atom is 0.217 e. The maximum absolute atomic E-state index is 5.41. The number of hydrogen-bond donors (Lipinski definition) is 0. The number of pyridine rings is 1. The molecule has 3 heteroatoms. The first-order valence-electron chi connectivity index (χ1n) is 12.6. The minimum absolute atomic E-state index is 0.770. The molecule has 0 spiro atoms. The van der Waals surface area contributed by atoms with Gasteiger partial charge in [-0.25, -0.2) is 4.98 Å². The molecule has 2 aromatic rings. The minimum Gasteiger partial charge on any atom is -0.481 e. The van der Waals surface area contributed by atoms with E-state index in [9.17, 15) is 0 Å². The highest BCUT2D eigenvalue weighted by atomic mass is 16.5. The topological polar surface area (TPSA) is 25.4 Å². The monoisotopic (exact) mass is 420 g/mol. The summed E-state index contributed by atoms with van der Waals surface area (Å²) in [7, 11) is 1.71. The van der Waals surface area contributed by atoms with Crippen molar-refractivity contribution in [2.45, 2.75) is 77.2 Å². The number of rotatable bonds is 9. The average Bonchev–Trinajstić information content (AvgIpc) is 2.84. The van der Waals surface area contributed by atoms with Crippen molar-refractivity contribution in [1.82, 2.24) is 9.88 Å². The summed E-state index contributed by atoms with van der Waals surface area (Å²) in [4.78, 5) is 6.89. The predicted molar refractivity (Wildman–Crippen MR) is 128 cm³/mol. The van der Waals surface area contributed by atoms with Crippen LogP contribution in [-0.4, -0.2) is 30.1 Å². The SMILES string of the molecule is COc1ncccc1CN1CCC(CCc2ccc(CCC3CCCCC3)cc2)CC1. The number of methoxy groups -OCH3 is 1. The van der Waals surface area contributed by atoms with Gasteiger partial charge in [0.2, 0.25) is 5.88 Å². The van der Waals surface area contributed by atoms with E-state index in [1.165, 1.54) is 100 Å². The predicted octanol–water partition coefficient (Wildman–Crippen LogP) is 6.45. The molecular weight excluding hydrogens is 380 g/mol. The fourth-order valence-electron chi connectivity index (χ4n) is 5.49. The van der Waals surface area contributed by atoms with Crippen molar-refractivity contribution in [3.05, 3.63) is 59.3 Å². The Labute approximate surface area is 189 Å². The molecule has 4 rings (SSSR count). The van der Waals surface area contributed by atoms with Crippen molar-refractivity contribution in [2.24, 2.45) is 11.8 Å². The number of nitrogens with zero attached hydrogens (tertiary/aromatic N) is 2. The Balaban J connectivity index is 1.16. The average molecular weight is 421 g/mol. The van der Waals surface area contributed by atoms with Gasteiger partial charge < -0.3 is 4.74 Å². The van der Waals surface area contributed by atoms with Gasteiger partial charge in [-0.15, -0.1) is 0 Å². The lowest BCUT2D eigenvalue weighted by atomic mass is 9.85. The normalized spacial score (nSPS) is 18.9. The quantitative estimate of drug-likeness (QED) is 0.466. The van der Waals surface area contributed by atoms with Gasteiger partial charge in [-0.1, -0.05) is 62.4 Å². The van der Waals surface area contributed by atoms with Crippen LogP contribution in [0.2, 0.25) is 0 Å². The zero-order valence-electron chi connectivity index (χ0n) is 19.4. The number of aromatic nitrogens is 1. The second-order valence-electron chi connectivity index (χ2n) is 9.79. The van der Waals surface area contributed by atoms with Crippen LogP contribution in [-0.2, 0) is 19.4 Å². The molecule has 3 nitrogen and oxygen atoms in total. The summed E-state index contributed by atoms with van der Waals surface area (Å²) in [5.74, 6) is 2.61. The molecule has 0 bridgehead atoms. The second kappa shape index (κ2) is 11.7. The first-order chi connectivity index (χ1) is 15.3. The fourth-order valence-corrected chi connectivity index (χ4v) is 5.49. The van der Waals surface area contributed by atoms with Gasteiger partial charge in [0.15, 0.2) is 0 Å². The fraction of sp³-hybridized carbons (Fsp3) is 0.607. The van der Waals surface area contributed by atoms with E-state index >= 15 is 0 Å². The molecule has 1 aliphatic carbocycles. The summed E-state index contributed by atoms with van der Waals surface area (Å²) in [5.41, 5.74) is 4.25. The van der Waals surface area contributed by atoms with Gasteiger partial charge in [0.25, 0.3) is 0 Å². The molecule has 2 fully saturated rings. The highest BCUT2D eigenvalue weighted by molar-refractivity contribution is 5.25. The van der Waals surface area contributed by atoms with Crippen molar-refractivity contribution < 1.29 is 4.74 Å². The zero-order valence-corrected chi connectivity index (χ0v) is 19.4. The van der Waals surface area contributed by atoms with E-state index in [1.807, 2.05) is 6.07 Å². The molecule has 0 N–H and O–H groups in total. The van der Waals surface area contributed by atoms with Crippen LogP contribution in [0.25, 0.3) is 0 Å². The Bertz CT molecular complexity index is 774. The smallest absolute Gasteiger partial charge is 0.217 e. The van der Waals surface area contributed by atoms with E-state index in [-0.39, 0.29) is 0 Å². The van der Waals surface area contributed by atoms with E-state index in [1.54, 1.807) is 13.3 Å². The summed E-state index contributed by atoms with van der Waals surface area (Å²) in [6.45, 7) is 3.32. The molecule has 1 saturated carbocycles. The molecule has 0 radical (unpaired) electrons. The number of aryl methyl sites for hydroxylation is 2. The van der Waals surface area contributed by atoms with Gasteiger partial charge in [0.05, 0.1) is 7.11 Å².